The number of carbonyl (C=O) groups is 1. The van der Waals surface area contributed by atoms with Gasteiger partial charge in [0.05, 0.1) is 16.6 Å². The number of halogens is 1. The number of aromatic carboxylic acids is 1. The second-order valence-corrected chi connectivity index (χ2v) is 3.87. The summed E-state index contributed by atoms with van der Waals surface area (Å²) < 4.78 is 13.3. The Bertz CT molecular complexity index is 490. The minimum Gasteiger partial charge on any atom is -0.478 e. The summed E-state index contributed by atoms with van der Waals surface area (Å²) in [5.74, 6) is -2.58. The molecular weight excluding hydrogens is 243 g/mol. The van der Waals surface area contributed by atoms with E-state index in [1.807, 2.05) is 6.92 Å². The summed E-state index contributed by atoms with van der Waals surface area (Å²) >= 11 is 0. The summed E-state index contributed by atoms with van der Waals surface area (Å²) in [6.45, 7) is 3.65. The van der Waals surface area contributed by atoms with E-state index < -0.39 is 28.0 Å². The molecule has 1 rings (SSSR count). The zero-order valence-corrected chi connectivity index (χ0v) is 9.94. The highest BCUT2D eigenvalue weighted by Gasteiger charge is 2.22. The van der Waals surface area contributed by atoms with Crippen molar-refractivity contribution in [3.63, 3.8) is 0 Å². The fourth-order valence-electron chi connectivity index (χ4n) is 1.36. The molecule has 0 fully saturated rings. The summed E-state index contributed by atoms with van der Waals surface area (Å²) in [4.78, 5) is 20.8. The van der Waals surface area contributed by atoms with E-state index in [4.69, 9.17) is 5.11 Å². The van der Waals surface area contributed by atoms with Crippen LogP contribution in [0.2, 0.25) is 0 Å². The SMILES string of the molecule is CCC(C)Nc1cc(C(=O)O)c(F)cc1[N+](=O)[O-]. The Labute approximate surface area is 103 Å². The lowest BCUT2D eigenvalue weighted by Crippen LogP contribution is -2.15. The van der Waals surface area contributed by atoms with E-state index in [0.717, 1.165) is 6.07 Å². The minimum atomic E-state index is -1.46. The first kappa shape index (κ1) is 13.9. The van der Waals surface area contributed by atoms with Crippen molar-refractivity contribution in [2.45, 2.75) is 26.3 Å². The first-order chi connectivity index (χ1) is 8.36. The van der Waals surface area contributed by atoms with E-state index in [2.05, 4.69) is 5.32 Å². The zero-order valence-electron chi connectivity index (χ0n) is 9.94. The maximum Gasteiger partial charge on any atom is 0.338 e. The Balaban J connectivity index is 3.30. The van der Waals surface area contributed by atoms with Gasteiger partial charge in [0.15, 0.2) is 0 Å². The molecule has 0 heterocycles. The van der Waals surface area contributed by atoms with Crippen LogP contribution in [0, 0.1) is 15.9 Å². The number of nitrogens with one attached hydrogen (secondary N) is 1. The Morgan fingerprint density at radius 3 is 2.67 bits per heavy atom. The molecule has 0 bridgehead atoms. The second kappa shape index (κ2) is 5.44. The fourth-order valence-corrected chi connectivity index (χ4v) is 1.36. The first-order valence-corrected chi connectivity index (χ1v) is 5.34. The van der Waals surface area contributed by atoms with Gasteiger partial charge in [0.1, 0.15) is 11.5 Å². The van der Waals surface area contributed by atoms with Crippen molar-refractivity contribution in [3.8, 4) is 0 Å². The van der Waals surface area contributed by atoms with E-state index in [1.165, 1.54) is 0 Å². The molecule has 1 aromatic carbocycles. The topological polar surface area (TPSA) is 92.5 Å². The number of rotatable bonds is 5. The lowest BCUT2D eigenvalue weighted by Gasteiger charge is -2.13. The zero-order chi connectivity index (χ0) is 13.9. The van der Waals surface area contributed by atoms with Gasteiger partial charge in [-0.2, -0.15) is 0 Å². The first-order valence-electron chi connectivity index (χ1n) is 5.34. The number of anilines is 1. The standard InChI is InChI=1S/C11H13FN2O4/c1-3-6(2)13-9-4-7(11(15)16)8(12)5-10(9)14(17)18/h4-6,13H,3H2,1-2H3,(H,15,16). The van der Waals surface area contributed by atoms with Crippen LogP contribution in [0.25, 0.3) is 0 Å². The van der Waals surface area contributed by atoms with Gasteiger partial charge in [-0.3, -0.25) is 10.1 Å². The van der Waals surface area contributed by atoms with Crippen LogP contribution in [0.15, 0.2) is 12.1 Å². The highest BCUT2D eigenvalue weighted by Crippen LogP contribution is 2.28. The van der Waals surface area contributed by atoms with Crippen molar-refractivity contribution in [1.82, 2.24) is 0 Å². The molecule has 0 radical (unpaired) electrons. The predicted molar refractivity (Wildman–Crippen MR) is 63.4 cm³/mol. The molecule has 0 aliphatic heterocycles. The average Bonchev–Trinajstić information content (AvgIpc) is 2.29. The van der Waals surface area contributed by atoms with Gasteiger partial charge in [-0.15, -0.1) is 0 Å². The van der Waals surface area contributed by atoms with E-state index in [-0.39, 0.29) is 11.7 Å². The van der Waals surface area contributed by atoms with Gasteiger partial charge in [0.25, 0.3) is 5.69 Å². The van der Waals surface area contributed by atoms with Crippen molar-refractivity contribution in [2.75, 3.05) is 5.32 Å². The number of nitro benzene ring substituents is 1. The molecule has 0 amide bonds. The van der Waals surface area contributed by atoms with Crippen molar-refractivity contribution in [3.05, 3.63) is 33.6 Å². The van der Waals surface area contributed by atoms with Crippen LogP contribution in [0.4, 0.5) is 15.8 Å². The normalized spacial score (nSPS) is 11.9. The van der Waals surface area contributed by atoms with Gasteiger partial charge in [-0.1, -0.05) is 6.92 Å². The van der Waals surface area contributed by atoms with Gasteiger partial charge in [-0.05, 0) is 19.4 Å². The molecule has 18 heavy (non-hydrogen) atoms. The molecular formula is C11H13FN2O4. The lowest BCUT2D eigenvalue weighted by molar-refractivity contribution is -0.384. The third kappa shape index (κ3) is 2.93. The van der Waals surface area contributed by atoms with Crippen molar-refractivity contribution < 1.29 is 19.2 Å². The summed E-state index contributed by atoms with van der Waals surface area (Å²) in [5.41, 5.74) is -1.06. The smallest absolute Gasteiger partial charge is 0.338 e. The Hall–Kier alpha value is -2.18. The molecule has 1 atom stereocenters. The van der Waals surface area contributed by atoms with Gasteiger partial charge in [0.2, 0.25) is 0 Å². The monoisotopic (exact) mass is 256 g/mol. The van der Waals surface area contributed by atoms with E-state index in [9.17, 15) is 19.3 Å². The predicted octanol–water partition coefficient (Wildman–Crippen LogP) is 2.64. The number of hydrogen-bond acceptors (Lipinski definition) is 4. The summed E-state index contributed by atoms with van der Waals surface area (Å²) in [7, 11) is 0. The average molecular weight is 256 g/mol. The molecule has 98 valence electrons. The van der Waals surface area contributed by atoms with Crippen LogP contribution in [0.5, 0.6) is 0 Å². The molecule has 6 nitrogen and oxygen atoms in total. The van der Waals surface area contributed by atoms with Crippen LogP contribution in [-0.2, 0) is 0 Å². The molecule has 0 aliphatic carbocycles. The third-order valence-corrected chi connectivity index (χ3v) is 2.53. The quantitative estimate of drug-likeness (QED) is 0.624. The molecule has 0 spiro atoms. The number of carboxylic acid groups (broad SMARTS) is 1. The Morgan fingerprint density at radius 2 is 2.22 bits per heavy atom. The number of carboxylic acids is 1. The minimum absolute atomic E-state index is 0.00755. The maximum absolute atomic E-state index is 13.3. The molecule has 1 unspecified atom stereocenters. The molecule has 0 aromatic heterocycles. The van der Waals surface area contributed by atoms with Gasteiger partial charge in [0, 0.05) is 6.04 Å². The molecule has 0 saturated carbocycles. The highest BCUT2D eigenvalue weighted by atomic mass is 19.1. The molecule has 2 N–H and O–H groups in total. The highest BCUT2D eigenvalue weighted by molar-refractivity contribution is 5.90. The molecule has 0 aliphatic rings. The van der Waals surface area contributed by atoms with Crippen molar-refractivity contribution >= 4 is 17.3 Å². The molecule has 1 aromatic rings. The number of nitro groups is 1. The number of hydrogen-bond donors (Lipinski definition) is 2. The Morgan fingerprint density at radius 1 is 1.61 bits per heavy atom. The summed E-state index contributed by atoms with van der Waals surface area (Å²) in [6.07, 6.45) is 0.691. The van der Waals surface area contributed by atoms with E-state index in [0.29, 0.717) is 12.5 Å². The van der Waals surface area contributed by atoms with Crippen LogP contribution >= 0.6 is 0 Å². The fraction of sp³-hybridized carbons (Fsp3) is 0.364. The van der Waals surface area contributed by atoms with Gasteiger partial charge in [-0.25, -0.2) is 9.18 Å². The number of benzene rings is 1. The largest absolute Gasteiger partial charge is 0.478 e. The molecule has 0 saturated heterocycles. The number of nitrogens with zero attached hydrogens (tertiary/aromatic N) is 1. The van der Waals surface area contributed by atoms with Crippen LogP contribution in [0.1, 0.15) is 30.6 Å². The van der Waals surface area contributed by atoms with Crippen molar-refractivity contribution in [2.24, 2.45) is 0 Å². The summed E-state index contributed by atoms with van der Waals surface area (Å²) in [5, 5.41) is 22.3. The van der Waals surface area contributed by atoms with Crippen LogP contribution in [-0.4, -0.2) is 22.0 Å². The van der Waals surface area contributed by atoms with Crippen LogP contribution in [0.3, 0.4) is 0 Å². The van der Waals surface area contributed by atoms with E-state index in [1.54, 1.807) is 6.92 Å². The maximum atomic E-state index is 13.3. The third-order valence-electron chi connectivity index (χ3n) is 2.53. The van der Waals surface area contributed by atoms with E-state index >= 15 is 0 Å². The van der Waals surface area contributed by atoms with Crippen LogP contribution < -0.4 is 5.32 Å². The van der Waals surface area contributed by atoms with Crippen molar-refractivity contribution in [1.29, 1.82) is 0 Å². The molecule has 7 heteroatoms. The van der Waals surface area contributed by atoms with Gasteiger partial charge < -0.3 is 10.4 Å². The van der Waals surface area contributed by atoms with Gasteiger partial charge >= 0.3 is 5.97 Å². The second-order valence-electron chi connectivity index (χ2n) is 3.87. The summed E-state index contributed by atoms with van der Waals surface area (Å²) in [6, 6.07) is 1.48. The Kier molecular flexibility index (Phi) is 4.19. The lowest BCUT2D eigenvalue weighted by atomic mass is 10.1.